The largest absolute Gasteiger partial charge is 0.328 e. The lowest BCUT2D eigenvalue weighted by molar-refractivity contribution is 0.550. The first kappa shape index (κ1) is 11.6. The zero-order valence-electron chi connectivity index (χ0n) is 10.2. The first-order valence-electron chi connectivity index (χ1n) is 5.84. The molecule has 17 heavy (non-hydrogen) atoms. The summed E-state index contributed by atoms with van der Waals surface area (Å²) in [5.74, 6) is 0. The van der Waals surface area contributed by atoms with Gasteiger partial charge < -0.3 is 0 Å². The molecule has 0 fully saturated rings. The minimum atomic E-state index is 0.0592. The third-order valence-electron chi connectivity index (χ3n) is 2.79. The van der Waals surface area contributed by atoms with Gasteiger partial charge in [-0.25, -0.2) is 4.79 Å². The van der Waals surface area contributed by atoms with Crippen LogP contribution in [0.2, 0.25) is 0 Å². The van der Waals surface area contributed by atoms with Crippen molar-refractivity contribution < 1.29 is 0 Å². The van der Waals surface area contributed by atoms with Crippen molar-refractivity contribution in [2.75, 3.05) is 0 Å². The molecule has 0 unspecified atom stereocenters. The van der Waals surface area contributed by atoms with Crippen molar-refractivity contribution in [2.24, 2.45) is 0 Å². The van der Waals surface area contributed by atoms with E-state index in [1.165, 1.54) is 0 Å². The predicted molar refractivity (Wildman–Crippen MR) is 67.0 cm³/mol. The smallest absolute Gasteiger partial charge is 0.299 e. The molecule has 4 nitrogen and oxygen atoms in total. The average molecular weight is 231 g/mol. The highest BCUT2D eigenvalue weighted by molar-refractivity contribution is 5.08. The average Bonchev–Trinajstić information content (AvgIpc) is 2.69. The van der Waals surface area contributed by atoms with Gasteiger partial charge in [0.2, 0.25) is 0 Å². The Bertz CT molecular complexity index is 525. The molecule has 90 valence electrons. The summed E-state index contributed by atoms with van der Waals surface area (Å²) in [5.41, 5.74) is 1.21. The predicted octanol–water partition coefficient (Wildman–Crippen LogP) is 1.87. The number of aromatic nitrogens is 3. The van der Waals surface area contributed by atoms with E-state index in [0.29, 0.717) is 6.54 Å². The second-order valence-electron chi connectivity index (χ2n) is 4.39. The van der Waals surface area contributed by atoms with E-state index in [1.807, 2.05) is 44.6 Å². The van der Waals surface area contributed by atoms with Gasteiger partial charge in [0.15, 0.2) is 0 Å². The van der Waals surface area contributed by atoms with Gasteiger partial charge in [-0.2, -0.15) is 0 Å². The molecule has 0 atom stereocenters. The van der Waals surface area contributed by atoms with Crippen LogP contribution in [0, 0.1) is 0 Å². The van der Waals surface area contributed by atoms with Gasteiger partial charge in [0, 0.05) is 37.4 Å². The third kappa shape index (κ3) is 2.64. The third-order valence-corrected chi connectivity index (χ3v) is 2.79. The van der Waals surface area contributed by atoms with Crippen molar-refractivity contribution in [3.63, 3.8) is 0 Å². The molecule has 0 aliphatic rings. The number of nitrogens with zero attached hydrogens (tertiary/aromatic N) is 3. The van der Waals surface area contributed by atoms with Crippen molar-refractivity contribution in [3.8, 4) is 0 Å². The second-order valence-corrected chi connectivity index (χ2v) is 4.39. The summed E-state index contributed by atoms with van der Waals surface area (Å²) in [6.45, 7) is 4.71. The Morgan fingerprint density at radius 2 is 2.18 bits per heavy atom. The van der Waals surface area contributed by atoms with Gasteiger partial charge in [0.05, 0.1) is 0 Å². The minimum absolute atomic E-state index is 0.0592. The van der Waals surface area contributed by atoms with Crippen LogP contribution in [0.3, 0.4) is 0 Å². The van der Waals surface area contributed by atoms with E-state index in [2.05, 4.69) is 4.98 Å². The summed E-state index contributed by atoms with van der Waals surface area (Å²) in [6.07, 6.45) is 8.11. The molecule has 2 aromatic rings. The number of hydrogen-bond donors (Lipinski definition) is 0. The van der Waals surface area contributed by atoms with Crippen molar-refractivity contribution in [1.82, 2.24) is 14.1 Å². The number of rotatable bonds is 4. The highest BCUT2D eigenvalue weighted by Gasteiger charge is 2.05. The fraction of sp³-hybridized carbons (Fsp3) is 0.385. The summed E-state index contributed by atoms with van der Waals surface area (Å²) >= 11 is 0. The maximum atomic E-state index is 11.9. The molecule has 0 bridgehead atoms. The molecule has 0 saturated heterocycles. The summed E-state index contributed by atoms with van der Waals surface area (Å²) in [5, 5.41) is 0. The lowest BCUT2D eigenvalue weighted by Gasteiger charge is -2.05. The van der Waals surface area contributed by atoms with E-state index in [1.54, 1.807) is 15.3 Å². The van der Waals surface area contributed by atoms with Crippen molar-refractivity contribution in [2.45, 2.75) is 32.9 Å². The molecule has 2 rings (SSSR count). The molecule has 0 aromatic carbocycles. The Hall–Kier alpha value is -1.84. The van der Waals surface area contributed by atoms with Crippen LogP contribution in [0.25, 0.3) is 0 Å². The molecular formula is C13H17N3O. The highest BCUT2D eigenvalue weighted by Crippen LogP contribution is 2.01. The van der Waals surface area contributed by atoms with Gasteiger partial charge in [-0.05, 0) is 31.9 Å². The maximum absolute atomic E-state index is 11.9. The Balaban J connectivity index is 2.08. The van der Waals surface area contributed by atoms with E-state index in [4.69, 9.17) is 0 Å². The van der Waals surface area contributed by atoms with E-state index in [9.17, 15) is 4.79 Å². The van der Waals surface area contributed by atoms with E-state index >= 15 is 0 Å². The summed E-state index contributed by atoms with van der Waals surface area (Å²) in [6, 6.07) is 4.15. The minimum Gasteiger partial charge on any atom is -0.299 e. The molecule has 0 radical (unpaired) electrons. The van der Waals surface area contributed by atoms with Crippen LogP contribution < -0.4 is 5.69 Å². The zero-order valence-corrected chi connectivity index (χ0v) is 10.2. The molecule has 2 heterocycles. The monoisotopic (exact) mass is 231 g/mol. The van der Waals surface area contributed by atoms with Gasteiger partial charge in [0.1, 0.15) is 0 Å². The molecule has 0 spiro atoms. The van der Waals surface area contributed by atoms with E-state index in [-0.39, 0.29) is 11.7 Å². The van der Waals surface area contributed by atoms with Crippen LogP contribution in [-0.2, 0) is 13.0 Å². The van der Waals surface area contributed by atoms with Gasteiger partial charge in [-0.3, -0.25) is 14.1 Å². The maximum Gasteiger partial charge on any atom is 0.328 e. The Kier molecular flexibility index (Phi) is 3.42. The topological polar surface area (TPSA) is 39.8 Å². The summed E-state index contributed by atoms with van der Waals surface area (Å²) < 4.78 is 3.48. The second kappa shape index (κ2) is 4.99. The van der Waals surface area contributed by atoms with Gasteiger partial charge in [-0.1, -0.05) is 6.07 Å². The molecule has 0 aliphatic heterocycles. The quantitative estimate of drug-likeness (QED) is 0.806. The van der Waals surface area contributed by atoms with Crippen LogP contribution in [-0.4, -0.2) is 14.1 Å². The fourth-order valence-electron chi connectivity index (χ4n) is 1.79. The van der Waals surface area contributed by atoms with Crippen molar-refractivity contribution in [3.05, 3.63) is 53.0 Å². The number of imidazole rings is 1. The van der Waals surface area contributed by atoms with E-state index in [0.717, 1.165) is 12.0 Å². The van der Waals surface area contributed by atoms with Crippen LogP contribution in [0.5, 0.6) is 0 Å². The lowest BCUT2D eigenvalue weighted by Crippen LogP contribution is -2.25. The lowest BCUT2D eigenvalue weighted by atomic mass is 10.2. The van der Waals surface area contributed by atoms with Gasteiger partial charge >= 0.3 is 5.69 Å². The zero-order chi connectivity index (χ0) is 12.3. The van der Waals surface area contributed by atoms with Crippen LogP contribution in [0.15, 0.2) is 41.7 Å². The summed E-state index contributed by atoms with van der Waals surface area (Å²) in [7, 11) is 0. The molecular weight excluding hydrogens is 214 g/mol. The van der Waals surface area contributed by atoms with Gasteiger partial charge in [0.25, 0.3) is 0 Å². The van der Waals surface area contributed by atoms with Crippen LogP contribution >= 0.6 is 0 Å². The number of pyridine rings is 1. The first-order valence-corrected chi connectivity index (χ1v) is 5.84. The Labute approximate surface area is 101 Å². The molecule has 4 heteroatoms. The normalized spacial score (nSPS) is 11.0. The Morgan fingerprint density at radius 3 is 2.76 bits per heavy atom. The molecule has 0 saturated carbocycles. The first-order chi connectivity index (χ1) is 8.18. The van der Waals surface area contributed by atoms with Crippen LogP contribution in [0.4, 0.5) is 0 Å². The van der Waals surface area contributed by atoms with Crippen molar-refractivity contribution >= 4 is 0 Å². The number of hydrogen-bond acceptors (Lipinski definition) is 2. The highest BCUT2D eigenvalue weighted by atomic mass is 16.1. The van der Waals surface area contributed by atoms with Crippen LogP contribution in [0.1, 0.15) is 25.5 Å². The number of aryl methyl sites for hydroxylation is 2. The molecule has 0 N–H and O–H groups in total. The molecule has 0 aliphatic carbocycles. The van der Waals surface area contributed by atoms with E-state index < -0.39 is 0 Å². The van der Waals surface area contributed by atoms with Crippen molar-refractivity contribution in [1.29, 1.82) is 0 Å². The molecule has 2 aromatic heterocycles. The fourth-order valence-corrected chi connectivity index (χ4v) is 1.79. The molecule has 0 amide bonds. The SMILES string of the molecule is CC(C)n1ccn(CCc2cccnc2)c1=O. The summed E-state index contributed by atoms with van der Waals surface area (Å²) in [4.78, 5) is 16.0. The standard InChI is InChI=1S/C13H17N3O/c1-11(2)16-9-8-15(13(16)17)7-5-12-4-3-6-14-10-12/h3-4,6,8-11H,5,7H2,1-2H3. The Morgan fingerprint density at radius 1 is 1.35 bits per heavy atom. The van der Waals surface area contributed by atoms with Gasteiger partial charge in [-0.15, -0.1) is 0 Å².